The molecule has 2 aromatic rings. The number of rotatable bonds is 7. The number of hydrogen-bond donors (Lipinski definition) is 2. The standard InChI is InChI=1S/C18H19ClN2O5/c1-24-12-5-6-14(16(9-12)26-3)21-18(23)10-17(22)20-11-4-7-15(25-2)13(19)8-11/h4-9H,10H2,1-3H3,(H,20,22)(H,21,23). The van der Waals surface area contributed by atoms with Crippen LogP contribution in [0.5, 0.6) is 17.2 Å². The van der Waals surface area contributed by atoms with Gasteiger partial charge in [0.05, 0.1) is 32.0 Å². The van der Waals surface area contributed by atoms with Crippen LogP contribution in [0, 0.1) is 0 Å². The highest BCUT2D eigenvalue weighted by Crippen LogP contribution is 2.29. The summed E-state index contributed by atoms with van der Waals surface area (Å²) in [6.07, 6.45) is -0.362. The Balaban J connectivity index is 1.97. The van der Waals surface area contributed by atoms with Gasteiger partial charge in [-0.15, -0.1) is 0 Å². The summed E-state index contributed by atoms with van der Waals surface area (Å²) < 4.78 is 15.3. The van der Waals surface area contributed by atoms with Crippen LogP contribution < -0.4 is 24.8 Å². The Labute approximate surface area is 156 Å². The average molecular weight is 379 g/mol. The van der Waals surface area contributed by atoms with E-state index >= 15 is 0 Å². The second-order valence-electron chi connectivity index (χ2n) is 5.19. The molecule has 138 valence electrons. The van der Waals surface area contributed by atoms with Gasteiger partial charge in [-0.05, 0) is 30.3 Å². The maximum atomic E-state index is 12.1. The highest BCUT2D eigenvalue weighted by atomic mass is 35.5. The molecule has 2 N–H and O–H groups in total. The van der Waals surface area contributed by atoms with Gasteiger partial charge in [0, 0.05) is 11.8 Å². The maximum Gasteiger partial charge on any atom is 0.233 e. The molecular formula is C18H19ClN2O5. The molecule has 8 heteroatoms. The lowest BCUT2D eigenvalue weighted by atomic mass is 10.2. The first-order valence-corrected chi connectivity index (χ1v) is 8.00. The van der Waals surface area contributed by atoms with E-state index in [1.165, 1.54) is 21.3 Å². The van der Waals surface area contributed by atoms with Crippen LogP contribution in [0.25, 0.3) is 0 Å². The first-order valence-electron chi connectivity index (χ1n) is 7.62. The van der Waals surface area contributed by atoms with Crippen molar-refractivity contribution >= 4 is 34.8 Å². The average Bonchev–Trinajstić information content (AvgIpc) is 2.62. The molecule has 0 saturated carbocycles. The van der Waals surface area contributed by atoms with Gasteiger partial charge in [0.15, 0.2) is 0 Å². The molecule has 0 fully saturated rings. The van der Waals surface area contributed by atoms with Crippen LogP contribution in [0.15, 0.2) is 36.4 Å². The van der Waals surface area contributed by atoms with Crippen LogP contribution in [0.3, 0.4) is 0 Å². The number of methoxy groups -OCH3 is 3. The molecule has 2 rings (SSSR count). The van der Waals surface area contributed by atoms with Gasteiger partial charge in [0.25, 0.3) is 0 Å². The van der Waals surface area contributed by atoms with Gasteiger partial charge in [-0.1, -0.05) is 11.6 Å². The van der Waals surface area contributed by atoms with E-state index in [-0.39, 0.29) is 6.42 Å². The number of halogens is 1. The lowest BCUT2D eigenvalue weighted by Gasteiger charge is -2.12. The Morgan fingerprint density at radius 2 is 1.58 bits per heavy atom. The first-order chi connectivity index (χ1) is 12.5. The molecule has 26 heavy (non-hydrogen) atoms. The van der Waals surface area contributed by atoms with Gasteiger partial charge < -0.3 is 24.8 Å². The fraction of sp³-hybridized carbons (Fsp3) is 0.222. The zero-order chi connectivity index (χ0) is 19.1. The summed E-state index contributed by atoms with van der Waals surface area (Å²) >= 11 is 6.00. The van der Waals surface area contributed by atoms with Crippen LogP contribution >= 0.6 is 11.6 Å². The quantitative estimate of drug-likeness (QED) is 0.722. The molecule has 0 unspecified atom stereocenters. The van der Waals surface area contributed by atoms with Crippen molar-refractivity contribution in [2.75, 3.05) is 32.0 Å². The van der Waals surface area contributed by atoms with E-state index in [0.717, 1.165) is 0 Å². The van der Waals surface area contributed by atoms with Crippen molar-refractivity contribution in [3.05, 3.63) is 41.4 Å². The second kappa shape index (κ2) is 8.96. The van der Waals surface area contributed by atoms with E-state index in [9.17, 15) is 9.59 Å². The van der Waals surface area contributed by atoms with Gasteiger partial charge in [-0.3, -0.25) is 9.59 Å². The van der Waals surface area contributed by atoms with E-state index < -0.39 is 11.8 Å². The summed E-state index contributed by atoms with van der Waals surface area (Å²) in [4.78, 5) is 24.1. The third-order valence-corrected chi connectivity index (χ3v) is 3.73. The van der Waals surface area contributed by atoms with E-state index in [4.69, 9.17) is 25.8 Å². The van der Waals surface area contributed by atoms with Gasteiger partial charge in [0.2, 0.25) is 11.8 Å². The molecule has 0 radical (unpaired) electrons. The summed E-state index contributed by atoms with van der Waals surface area (Å²) in [6, 6.07) is 9.75. The summed E-state index contributed by atoms with van der Waals surface area (Å²) in [5.74, 6) is 0.560. The number of carbonyl (C=O) groups is 2. The van der Waals surface area contributed by atoms with Crippen molar-refractivity contribution in [1.29, 1.82) is 0 Å². The largest absolute Gasteiger partial charge is 0.497 e. The monoisotopic (exact) mass is 378 g/mol. The van der Waals surface area contributed by atoms with E-state index in [0.29, 0.717) is 33.6 Å². The molecule has 0 saturated heterocycles. The highest BCUT2D eigenvalue weighted by Gasteiger charge is 2.13. The van der Waals surface area contributed by atoms with E-state index in [1.807, 2.05) is 0 Å². The second-order valence-corrected chi connectivity index (χ2v) is 5.60. The minimum Gasteiger partial charge on any atom is -0.497 e. The molecule has 0 aliphatic rings. The van der Waals surface area contributed by atoms with E-state index in [2.05, 4.69) is 10.6 Å². The van der Waals surface area contributed by atoms with Crippen LogP contribution in [0.2, 0.25) is 5.02 Å². The van der Waals surface area contributed by atoms with Crippen molar-refractivity contribution in [2.45, 2.75) is 6.42 Å². The number of anilines is 2. The third-order valence-electron chi connectivity index (χ3n) is 3.44. The molecule has 0 aromatic heterocycles. The Hall–Kier alpha value is -2.93. The molecule has 0 heterocycles. The molecule has 2 amide bonds. The first kappa shape index (κ1) is 19.4. The van der Waals surface area contributed by atoms with Crippen molar-refractivity contribution in [3.8, 4) is 17.2 Å². The van der Waals surface area contributed by atoms with Crippen molar-refractivity contribution in [1.82, 2.24) is 0 Å². The molecular weight excluding hydrogens is 360 g/mol. The Bertz CT molecular complexity index is 810. The Morgan fingerprint density at radius 3 is 2.19 bits per heavy atom. The van der Waals surface area contributed by atoms with Gasteiger partial charge in [-0.25, -0.2) is 0 Å². The zero-order valence-corrected chi connectivity index (χ0v) is 15.3. The van der Waals surface area contributed by atoms with Gasteiger partial charge in [0.1, 0.15) is 23.7 Å². The fourth-order valence-corrected chi connectivity index (χ4v) is 2.45. The predicted octanol–water partition coefficient (Wildman–Crippen LogP) is 3.33. The van der Waals surface area contributed by atoms with Crippen LogP contribution in [0.4, 0.5) is 11.4 Å². The molecule has 0 bridgehead atoms. The minimum absolute atomic E-state index is 0.359. The number of ether oxygens (including phenoxy) is 3. The summed E-state index contributed by atoms with van der Waals surface area (Å²) in [5.41, 5.74) is 0.911. The predicted molar refractivity (Wildman–Crippen MR) is 99.4 cm³/mol. The van der Waals surface area contributed by atoms with Crippen LogP contribution in [-0.2, 0) is 9.59 Å². The number of nitrogens with one attached hydrogen (secondary N) is 2. The molecule has 2 aromatic carbocycles. The number of hydrogen-bond acceptors (Lipinski definition) is 5. The summed E-state index contributed by atoms with van der Waals surface area (Å²) in [5, 5.41) is 5.60. The third kappa shape index (κ3) is 5.03. The molecule has 0 aliphatic heterocycles. The summed E-state index contributed by atoms with van der Waals surface area (Å²) in [6.45, 7) is 0. The van der Waals surface area contributed by atoms with Gasteiger partial charge >= 0.3 is 0 Å². The van der Waals surface area contributed by atoms with Crippen LogP contribution in [-0.4, -0.2) is 33.1 Å². The number of amides is 2. The molecule has 0 aliphatic carbocycles. The van der Waals surface area contributed by atoms with E-state index in [1.54, 1.807) is 36.4 Å². The highest BCUT2D eigenvalue weighted by molar-refractivity contribution is 6.32. The lowest BCUT2D eigenvalue weighted by molar-refractivity contribution is -0.123. The normalized spacial score (nSPS) is 10.0. The molecule has 0 atom stereocenters. The molecule has 7 nitrogen and oxygen atoms in total. The van der Waals surface area contributed by atoms with Crippen LogP contribution in [0.1, 0.15) is 6.42 Å². The summed E-state index contributed by atoms with van der Waals surface area (Å²) in [7, 11) is 4.50. The van der Waals surface area contributed by atoms with Crippen molar-refractivity contribution in [3.63, 3.8) is 0 Å². The Kier molecular flexibility index (Phi) is 6.68. The maximum absolute atomic E-state index is 12.1. The molecule has 0 spiro atoms. The lowest BCUT2D eigenvalue weighted by Crippen LogP contribution is -2.21. The van der Waals surface area contributed by atoms with Gasteiger partial charge in [-0.2, -0.15) is 0 Å². The SMILES string of the molecule is COc1ccc(NC(=O)CC(=O)Nc2ccc(OC)c(Cl)c2)c(OC)c1. The zero-order valence-electron chi connectivity index (χ0n) is 14.6. The fourth-order valence-electron chi connectivity index (χ4n) is 2.19. The van der Waals surface area contributed by atoms with Crippen molar-refractivity contribution < 1.29 is 23.8 Å². The minimum atomic E-state index is -0.481. The number of carbonyl (C=O) groups excluding carboxylic acids is 2. The Morgan fingerprint density at radius 1 is 0.885 bits per heavy atom. The van der Waals surface area contributed by atoms with Crippen molar-refractivity contribution in [2.24, 2.45) is 0 Å². The topological polar surface area (TPSA) is 85.9 Å². The number of benzene rings is 2. The smallest absolute Gasteiger partial charge is 0.233 e.